The molecule has 0 saturated carbocycles. The smallest absolute Gasteiger partial charge is 0.0818 e. The Kier molecular flexibility index (Phi) is 7.81. The maximum absolute atomic E-state index is 10.1. The molecule has 23 heavy (non-hydrogen) atoms. The molecule has 2 atom stereocenters. The van der Waals surface area contributed by atoms with Gasteiger partial charge >= 0.3 is 0 Å². The quantitative estimate of drug-likeness (QED) is 0.591. The van der Waals surface area contributed by atoms with Crippen molar-refractivity contribution in [2.45, 2.75) is 37.8 Å². The predicted octanol–water partition coefficient (Wildman–Crippen LogP) is 2.53. The molecule has 2 rings (SSSR count). The molecular weight excluding hydrogens is 284 g/mol. The summed E-state index contributed by atoms with van der Waals surface area (Å²) in [5.74, 6) is 0. The number of aliphatic hydroxyl groups excluding tert-OH is 1. The van der Waals surface area contributed by atoms with E-state index in [1.807, 2.05) is 36.4 Å². The van der Waals surface area contributed by atoms with E-state index in [9.17, 15) is 5.11 Å². The zero-order valence-corrected chi connectivity index (χ0v) is 13.7. The molecule has 2 aromatic carbocycles. The maximum Gasteiger partial charge on any atom is 0.0818 e. The van der Waals surface area contributed by atoms with Crippen LogP contribution in [0.3, 0.4) is 0 Å². The Labute approximate surface area is 139 Å². The van der Waals surface area contributed by atoms with Crippen LogP contribution in [-0.2, 0) is 12.8 Å². The highest BCUT2D eigenvalue weighted by atomic mass is 16.3. The van der Waals surface area contributed by atoms with E-state index < -0.39 is 6.10 Å². The Balaban J connectivity index is 1.55. The van der Waals surface area contributed by atoms with Crippen molar-refractivity contribution in [3.8, 4) is 0 Å². The molecule has 0 aromatic heterocycles. The fourth-order valence-electron chi connectivity index (χ4n) is 2.65. The predicted molar refractivity (Wildman–Crippen MR) is 96.4 cm³/mol. The number of nitrogens with two attached hydrogens (primary N) is 1. The first kappa shape index (κ1) is 17.7. The number of unbranched alkanes of at least 4 members (excludes halogenated alkanes) is 1. The number of benzene rings is 2. The van der Waals surface area contributed by atoms with Crippen molar-refractivity contribution in [1.29, 1.82) is 0 Å². The highest BCUT2D eigenvalue weighted by molar-refractivity contribution is 5.16. The van der Waals surface area contributed by atoms with Crippen molar-refractivity contribution in [2.24, 2.45) is 5.73 Å². The number of nitrogens with one attached hydrogen (secondary N) is 1. The zero-order chi connectivity index (χ0) is 16.3. The third-order valence-corrected chi connectivity index (χ3v) is 4.07. The van der Waals surface area contributed by atoms with Crippen molar-refractivity contribution in [2.75, 3.05) is 13.1 Å². The van der Waals surface area contributed by atoms with Gasteiger partial charge in [-0.2, -0.15) is 0 Å². The molecule has 0 spiro atoms. The van der Waals surface area contributed by atoms with Gasteiger partial charge in [-0.15, -0.1) is 0 Å². The second kappa shape index (κ2) is 10.2. The normalized spacial score (nSPS) is 13.7. The lowest BCUT2D eigenvalue weighted by atomic mass is 10.0. The number of hydrogen-bond donors (Lipinski definition) is 3. The van der Waals surface area contributed by atoms with Crippen molar-refractivity contribution in [1.82, 2.24) is 5.32 Å². The molecule has 3 nitrogen and oxygen atoms in total. The average Bonchev–Trinajstić information content (AvgIpc) is 2.59. The zero-order valence-electron chi connectivity index (χ0n) is 13.7. The van der Waals surface area contributed by atoms with Crippen LogP contribution in [-0.4, -0.2) is 30.3 Å². The van der Waals surface area contributed by atoms with Gasteiger partial charge in [0.15, 0.2) is 0 Å². The molecule has 0 radical (unpaired) electrons. The van der Waals surface area contributed by atoms with Crippen molar-refractivity contribution in [3.05, 3.63) is 71.8 Å². The molecule has 0 aliphatic heterocycles. The number of aryl methyl sites for hydroxylation is 1. The summed E-state index contributed by atoms with van der Waals surface area (Å²) in [6.07, 6.45) is 3.57. The van der Waals surface area contributed by atoms with Gasteiger partial charge in [0.25, 0.3) is 0 Å². The summed E-state index contributed by atoms with van der Waals surface area (Å²) in [6.45, 7) is 1.47. The van der Waals surface area contributed by atoms with Gasteiger partial charge in [0, 0.05) is 12.6 Å². The van der Waals surface area contributed by atoms with Crippen molar-refractivity contribution >= 4 is 0 Å². The molecular formula is C20H28N2O. The highest BCUT2D eigenvalue weighted by Crippen LogP contribution is 2.05. The Morgan fingerprint density at radius 3 is 2.13 bits per heavy atom. The Bertz CT molecular complexity index is 530. The molecule has 0 aliphatic rings. The molecule has 2 aromatic rings. The first-order valence-corrected chi connectivity index (χ1v) is 8.48. The Morgan fingerprint density at radius 1 is 0.870 bits per heavy atom. The minimum Gasteiger partial charge on any atom is -0.390 e. The van der Waals surface area contributed by atoms with Crippen LogP contribution in [0.25, 0.3) is 0 Å². The summed E-state index contributed by atoms with van der Waals surface area (Å²) in [7, 11) is 0. The van der Waals surface area contributed by atoms with E-state index in [-0.39, 0.29) is 6.04 Å². The lowest BCUT2D eigenvalue weighted by molar-refractivity contribution is 0.142. The van der Waals surface area contributed by atoms with Crippen molar-refractivity contribution in [3.63, 3.8) is 0 Å². The molecule has 124 valence electrons. The second-order valence-corrected chi connectivity index (χ2v) is 6.07. The standard InChI is InChI=1S/C20H28N2O/c21-19(15-18-12-5-2-6-13-18)20(23)16-22-14-8-7-11-17-9-3-1-4-10-17/h1-6,9-10,12-13,19-20,22-23H,7-8,11,14-16,21H2. The van der Waals surface area contributed by atoms with Crippen LogP contribution in [0, 0.1) is 0 Å². The van der Waals surface area contributed by atoms with E-state index in [2.05, 4.69) is 29.6 Å². The fourth-order valence-corrected chi connectivity index (χ4v) is 2.65. The molecule has 0 amide bonds. The van der Waals surface area contributed by atoms with E-state index in [1.54, 1.807) is 0 Å². The first-order valence-electron chi connectivity index (χ1n) is 8.48. The van der Waals surface area contributed by atoms with Crippen molar-refractivity contribution < 1.29 is 5.11 Å². The lowest BCUT2D eigenvalue weighted by Gasteiger charge is -2.19. The molecule has 0 heterocycles. The summed E-state index contributed by atoms with van der Waals surface area (Å²) < 4.78 is 0. The third kappa shape index (κ3) is 6.95. The SMILES string of the molecule is NC(Cc1ccccc1)C(O)CNCCCCc1ccccc1. The number of aliphatic hydroxyl groups is 1. The fraction of sp³-hybridized carbons (Fsp3) is 0.400. The van der Waals surface area contributed by atoms with Crippen LogP contribution in [0.4, 0.5) is 0 Å². The van der Waals surface area contributed by atoms with Gasteiger partial charge < -0.3 is 16.2 Å². The van der Waals surface area contributed by atoms with E-state index in [0.717, 1.165) is 25.8 Å². The van der Waals surface area contributed by atoms with Crippen LogP contribution in [0.15, 0.2) is 60.7 Å². The Hall–Kier alpha value is -1.68. The van der Waals surface area contributed by atoms with Crippen LogP contribution >= 0.6 is 0 Å². The van der Waals surface area contributed by atoms with E-state index >= 15 is 0 Å². The monoisotopic (exact) mass is 312 g/mol. The average molecular weight is 312 g/mol. The summed E-state index contributed by atoms with van der Waals surface area (Å²) in [5.41, 5.74) is 8.63. The largest absolute Gasteiger partial charge is 0.390 e. The Morgan fingerprint density at radius 2 is 1.48 bits per heavy atom. The van der Waals surface area contributed by atoms with Gasteiger partial charge in [-0.3, -0.25) is 0 Å². The molecule has 4 N–H and O–H groups in total. The molecule has 0 bridgehead atoms. The third-order valence-electron chi connectivity index (χ3n) is 4.07. The van der Waals surface area contributed by atoms with Gasteiger partial charge in [0.2, 0.25) is 0 Å². The van der Waals surface area contributed by atoms with E-state index in [1.165, 1.54) is 11.1 Å². The molecule has 0 saturated heterocycles. The lowest BCUT2D eigenvalue weighted by Crippen LogP contribution is -2.43. The second-order valence-electron chi connectivity index (χ2n) is 6.07. The van der Waals surface area contributed by atoms with E-state index in [0.29, 0.717) is 13.0 Å². The minimum absolute atomic E-state index is 0.228. The van der Waals surface area contributed by atoms with Crippen LogP contribution in [0.1, 0.15) is 24.0 Å². The van der Waals surface area contributed by atoms with Crippen LogP contribution in [0.5, 0.6) is 0 Å². The summed E-state index contributed by atoms with van der Waals surface area (Å²) >= 11 is 0. The molecule has 2 unspecified atom stereocenters. The molecule has 0 fully saturated rings. The number of hydrogen-bond acceptors (Lipinski definition) is 3. The van der Waals surface area contributed by atoms with Gasteiger partial charge in [-0.25, -0.2) is 0 Å². The summed E-state index contributed by atoms with van der Waals surface area (Å²) in [5, 5.41) is 13.4. The topological polar surface area (TPSA) is 58.3 Å². The van der Waals surface area contributed by atoms with Gasteiger partial charge in [-0.05, 0) is 43.4 Å². The van der Waals surface area contributed by atoms with Gasteiger partial charge in [-0.1, -0.05) is 60.7 Å². The van der Waals surface area contributed by atoms with Gasteiger partial charge in [0.1, 0.15) is 0 Å². The minimum atomic E-state index is -0.510. The van der Waals surface area contributed by atoms with Gasteiger partial charge in [0.05, 0.1) is 6.10 Å². The first-order chi connectivity index (χ1) is 11.3. The van der Waals surface area contributed by atoms with Crippen LogP contribution in [0.2, 0.25) is 0 Å². The number of rotatable bonds is 10. The summed E-state index contributed by atoms with van der Waals surface area (Å²) in [4.78, 5) is 0. The van der Waals surface area contributed by atoms with E-state index in [4.69, 9.17) is 5.73 Å². The maximum atomic E-state index is 10.1. The summed E-state index contributed by atoms with van der Waals surface area (Å²) in [6, 6.07) is 20.4. The van der Waals surface area contributed by atoms with Crippen LogP contribution < -0.4 is 11.1 Å². The molecule has 0 aliphatic carbocycles. The molecule has 3 heteroatoms. The highest BCUT2D eigenvalue weighted by Gasteiger charge is 2.14.